The summed E-state index contributed by atoms with van der Waals surface area (Å²) in [4.78, 5) is 0. The Morgan fingerprint density at radius 3 is 2.67 bits per heavy atom. The summed E-state index contributed by atoms with van der Waals surface area (Å²) in [6, 6.07) is 7.53. The normalized spacial score (nSPS) is 12.5. The van der Waals surface area contributed by atoms with Crippen molar-refractivity contribution in [1.29, 1.82) is 0 Å². The van der Waals surface area contributed by atoms with Crippen LogP contribution in [0.25, 0.3) is 0 Å². The van der Waals surface area contributed by atoms with Gasteiger partial charge in [-0.15, -0.1) is 0 Å². The van der Waals surface area contributed by atoms with Crippen LogP contribution < -0.4 is 11.3 Å². The summed E-state index contributed by atoms with van der Waals surface area (Å²) in [5, 5.41) is 0.538. The van der Waals surface area contributed by atoms with E-state index in [-0.39, 0.29) is 16.5 Å². The van der Waals surface area contributed by atoms with Gasteiger partial charge in [0.1, 0.15) is 11.6 Å². The lowest BCUT2D eigenvalue weighted by atomic mass is 9.97. The first-order chi connectivity index (χ1) is 9.95. The van der Waals surface area contributed by atoms with Crippen LogP contribution in [-0.4, -0.2) is 0 Å². The fourth-order valence-electron chi connectivity index (χ4n) is 2.16. The standard InChI is InChI=1S/C15H14BrClF2N2/c1-8-3-2-4-9(14(8)17)13(21-20)7-10-12(18)6-5-11(16)15(10)19/h2-6,13,21H,7,20H2,1H3. The molecule has 0 bridgehead atoms. The molecule has 2 aromatic carbocycles. The summed E-state index contributed by atoms with van der Waals surface area (Å²) in [5.41, 5.74) is 4.12. The fourth-order valence-corrected chi connectivity index (χ4v) is 2.79. The lowest BCUT2D eigenvalue weighted by Crippen LogP contribution is -2.30. The van der Waals surface area contributed by atoms with E-state index in [1.807, 2.05) is 19.1 Å². The van der Waals surface area contributed by atoms with Gasteiger partial charge in [0.05, 0.1) is 10.5 Å². The molecule has 3 N–H and O–H groups in total. The number of hydrazine groups is 1. The van der Waals surface area contributed by atoms with Gasteiger partial charge in [-0.05, 0) is 52.5 Å². The molecular formula is C15H14BrClF2N2. The number of benzene rings is 2. The summed E-state index contributed by atoms with van der Waals surface area (Å²) in [7, 11) is 0. The second kappa shape index (κ2) is 6.83. The summed E-state index contributed by atoms with van der Waals surface area (Å²) >= 11 is 9.31. The van der Waals surface area contributed by atoms with E-state index in [0.717, 1.165) is 5.56 Å². The number of aryl methyl sites for hydroxylation is 1. The van der Waals surface area contributed by atoms with Crippen LogP contribution in [0.5, 0.6) is 0 Å². The van der Waals surface area contributed by atoms with Crippen molar-refractivity contribution >= 4 is 27.5 Å². The van der Waals surface area contributed by atoms with E-state index in [1.54, 1.807) is 6.07 Å². The van der Waals surface area contributed by atoms with Gasteiger partial charge < -0.3 is 0 Å². The van der Waals surface area contributed by atoms with Gasteiger partial charge >= 0.3 is 0 Å². The van der Waals surface area contributed by atoms with Crippen molar-refractivity contribution in [2.45, 2.75) is 19.4 Å². The van der Waals surface area contributed by atoms with Crippen molar-refractivity contribution in [1.82, 2.24) is 5.43 Å². The number of halogens is 4. The quantitative estimate of drug-likeness (QED) is 0.471. The minimum Gasteiger partial charge on any atom is -0.271 e. The molecule has 2 nitrogen and oxygen atoms in total. The van der Waals surface area contributed by atoms with Crippen molar-refractivity contribution < 1.29 is 8.78 Å². The first kappa shape index (κ1) is 16.4. The Balaban J connectivity index is 2.41. The molecular weight excluding hydrogens is 362 g/mol. The smallest absolute Gasteiger partial charge is 0.143 e. The van der Waals surface area contributed by atoms with Gasteiger partial charge in [0.2, 0.25) is 0 Å². The molecule has 0 aliphatic carbocycles. The third kappa shape index (κ3) is 3.43. The molecule has 0 aliphatic heterocycles. The van der Waals surface area contributed by atoms with Crippen molar-refractivity contribution in [3.8, 4) is 0 Å². The van der Waals surface area contributed by atoms with Gasteiger partial charge in [-0.1, -0.05) is 29.8 Å². The summed E-state index contributed by atoms with van der Waals surface area (Å²) in [6.45, 7) is 1.86. The molecule has 0 saturated carbocycles. The SMILES string of the molecule is Cc1cccc(C(Cc2c(F)ccc(Br)c2F)NN)c1Cl. The maximum Gasteiger partial charge on any atom is 0.143 e. The van der Waals surface area contributed by atoms with Crippen molar-refractivity contribution in [3.63, 3.8) is 0 Å². The molecule has 0 aromatic heterocycles. The summed E-state index contributed by atoms with van der Waals surface area (Å²) in [6.07, 6.45) is 0.0524. The van der Waals surface area contributed by atoms with E-state index in [9.17, 15) is 8.78 Å². The molecule has 0 aliphatic rings. The molecule has 0 radical (unpaired) electrons. The first-order valence-corrected chi connectivity index (χ1v) is 7.46. The second-order valence-corrected chi connectivity index (χ2v) is 5.96. The van der Waals surface area contributed by atoms with Gasteiger partial charge in [0.15, 0.2) is 0 Å². The Labute approximate surface area is 135 Å². The zero-order valence-corrected chi connectivity index (χ0v) is 13.6. The Kier molecular flexibility index (Phi) is 5.32. The maximum atomic E-state index is 14.1. The van der Waals surface area contributed by atoms with Crippen LogP contribution in [-0.2, 0) is 6.42 Å². The molecule has 0 saturated heterocycles. The zero-order valence-electron chi connectivity index (χ0n) is 11.3. The van der Waals surface area contributed by atoms with Gasteiger partial charge in [-0.25, -0.2) is 8.78 Å². The van der Waals surface area contributed by atoms with Crippen LogP contribution in [0.4, 0.5) is 8.78 Å². The molecule has 0 heterocycles. The van der Waals surface area contributed by atoms with Crippen LogP contribution in [0.15, 0.2) is 34.8 Å². The van der Waals surface area contributed by atoms with E-state index >= 15 is 0 Å². The minimum absolute atomic E-state index is 0.0371. The number of hydrogen-bond acceptors (Lipinski definition) is 2. The Hall–Kier alpha value is -1.01. The Morgan fingerprint density at radius 2 is 2.00 bits per heavy atom. The lowest BCUT2D eigenvalue weighted by Gasteiger charge is -2.19. The number of rotatable bonds is 4. The van der Waals surface area contributed by atoms with E-state index < -0.39 is 17.7 Å². The summed E-state index contributed by atoms with van der Waals surface area (Å²) in [5.74, 6) is 4.31. The highest BCUT2D eigenvalue weighted by Gasteiger charge is 2.20. The first-order valence-electron chi connectivity index (χ1n) is 6.29. The fraction of sp³-hybridized carbons (Fsp3) is 0.200. The molecule has 1 atom stereocenters. The van der Waals surface area contributed by atoms with Gasteiger partial charge in [-0.3, -0.25) is 11.3 Å². The van der Waals surface area contributed by atoms with Crippen LogP contribution >= 0.6 is 27.5 Å². The summed E-state index contributed by atoms with van der Waals surface area (Å²) < 4.78 is 28.1. The molecule has 1 unspecified atom stereocenters. The minimum atomic E-state index is -0.626. The highest BCUT2D eigenvalue weighted by Crippen LogP contribution is 2.30. The molecule has 2 rings (SSSR count). The number of hydrogen-bond donors (Lipinski definition) is 2. The lowest BCUT2D eigenvalue weighted by molar-refractivity contribution is 0.498. The maximum absolute atomic E-state index is 14.1. The predicted octanol–water partition coefficient (Wildman–Crippen LogP) is 4.44. The van der Waals surface area contributed by atoms with Crippen LogP contribution in [0, 0.1) is 18.6 Å². The van der Waals surface area contributed by atoms with Gasteiger partial charge in [-0.2, -0.15) is 0 Å². The third-order valence-electron chi connectivity index (χ3n) is 3.35. The average molecular weight is 376 g/mol. The topological polar surface area (TPSA) is 38.0 Å². The van der Waals surface area contributed by atoms with E-state index in [2.05, 4.69) is 21.4 Å². The van der Waals surface area contributed by atoms with Crippen molar-refractivity contribution in [3.05, 3.63) is 68.2 Å². The van der Waals surface area contributed by atoms with Crippen molar-refractivity contribution in [2.75, 3.05) is 0 Å². The third-order valence-corrected chi connectivity index (χ3v) is 4.47. The molecule has 0 amide bonds. The Bertz CT molecular complexity index is 664. The predicted molar refractivity (Wildman–Crippen MR) is 84.0 cm³/mol. The highest BCUT2D eigenvalue weighted by atomic mass is 79.9. The molecule has 6 heteroatoms. The van der Waals surface area contributed by atoms with Crippen LogP contribution in [0.2, 0.25) is 5.02 Å². The molecule has 21 heavy (non-hydrogen) atoms. The van der Waals surface area contributed by atoms with E-state index in [0.29, 0.717) is 10.6 Å². The largest absolute Gasteiger partial charge is 0.271 e. The molecule has 0 spiro atoms. The molecule has 112 valence electrons. The van der Waals surface area contributed by atoms with Crippen LogP contribution in [0.1, 0.15) is 22.7 Å². The number of nitrogens with two attached hydrogens (primary N) is 1. The average Bonchev–Trinajstić information content (AvgIpc) is 2.47. The van der Waals surface area contributed by atoms with E-state index in [1.165, 1.54) is 12.1 Å². The zero-order chi connectivity index (χ0) is 15.6. The molecule has 2 aromatic rings. The number of nitrogens with one attached hydrogen (secondary N) is 1. The van der Waals surface area contributed by atoms with Gasteiger partial charge in [0.25, 0.3) is 0 Å². The van der Waals surface area contributed by atoms with Crippen molar-refractivity contribution in [2.24, 2.45) is 5.84 Å². The van der Waals surface area contributed by atoms with Gasteiger partial charge in [0, 0.05) is 10.6 Å². The Morgan fingerprint density at radius 1 is 1.29 bits per heavy atom. The van der Waals surface area contributed by atoms with E-state index in [4.69, 9.17) is 17.4 Å². The van der Waals surface area contributed by atoms with Crippen LogP contribution in [0.3, 0.4) is 0 Å². The second-order valence-electron chi connectivity index (χ2n) is 4.72. The monoisotopic (exact) mass is 374 g/mol. The molecule has 0 fully saturated rings. The highest BCUT2D eigenvalue weighted by molar-refractivity contribution is 9.10.